The standard InChI is InChI=1S/C22H33N7/c1-18-23-21(16-22(24-18)29-14-10-27(3)11-15-29)25-20-6-4-19(5-7-20)17-28-12-8-26(2)9-13-28/h4-7,16H,8-15,17H2,1-3H3,(H,23,24,25). The van der Waals surface area contributed by atoms with Crippen LogP contribution in [0.15, 0.2) is 30.3 Å². The van der Waals surface area contributed by atoms with Crippen molar-refractivity contribution in [3.8, 4) is 0 Å². The minimum Gasteiger partial charge on any atom is -0.354 e. The van der Waals surface area contributed by atoms with Crippen molar-refractivity contribution in [3.63, 3.8) is 0 Å². The Labute approximate surface area is 174 Å². The van der Waals surface area contributed by atoms with Crippen LogP contribution in [0.4, 0.5) is 17.3 Å². The lowest BCUT2D eigenvalue weighted by atomic mass is 10.2. The minimum atomic E-state index is 0.801. The first kappa shape index (κ1) is 20.1. The van der Waals surface area contributed by atoms with E-state index in [1.165, 1.54) is 5.56 Å². The van der Waals surface area contributed by atoms with Crippen LogP contribution in [0.25, 0.3) is 0 Å². The molecule has 0 spiro atoms. The third kappa shape index (κ3) is 5.44. The molecule has 29 heavy (non-hydrogen) atoms. The van der Waals surface area contributed by atoms with Crippen molar-refractivity contribution in [2.45, 2.75) is 13.5 Å². The Morgan fingerprint density at radius 3 is 2.10 bits per heavy atom. The predicted octanol–water partition coefficient (Wildman–Crippen LogP) is 2.03. The summed E-state index contributed by atoms with van der Waals surface area (Å²) in [7, 11) is 4.37. The zero-order valence-corrected chi connectivity index (χ0v) is 17.9. The summed E-state index contributed by atoms with van der Waals surface area (Å²) >= 11 is 0. The Morgan fingerprint density at radius 1 is 0.828 bits per heavy atom. The molecular weight excluding hydrogens is 362 g/mol. The molecule has 7 heteroatoms. The van der Waals surface area contributed by atoms with Gasteiger partial charge in [0.1, 0.15) is 17.5 Å². The monoisotopic (exact) mass is 395 g/mol. The maximum Gasteiger partial charge on any atom is 0.136 e. The molecule has 2 saturated heterocycles. The SMILES string of the molecule is Cc1nc(Nc2ccc(CN3CCN(C)CC3)cc2)cc(N2CCN(C)CC2)n1. The van der Waals surface area contributed by atoms with Gasteiger partial charge in [-0.3, -0.25) is 4.90 Å². The van der Waals surface area contributed by atoms with Crippen molar-refractivity contribution in [1.29, 1.82) is 0 Å². The molecule has 2 aromatic rings. The van der Waals surface area contributed by atoms with E-state index in [1.807, 2.05) is 6.92 Å². The molecule has 156 valence electrons. The van der Waals surface area contributed by atoms with E-state index >= 15 is 0 Å². The van der Waals surface area contributed by atoms with E-state index in [0.717, 1.165) is 82.1 Å². The Kier molecular flexibility index (Phi) is 6.28. The van der Waals surface area contributed by atoms with Gasteiger partial charge in [0.05, 0.1) is 0 Å². The van der Waals surface area contributed by atoms with Gasteiger partial charge in [-0.15, -0.1) is 0 Å². The Morgan fingerprint density at radius 2 is 1.45 bits per heavy atom. The van der Waals surface area contributed by atoms with Crippen LogP contribution in [-0.4, -0.2) is 91.1 Å². The fourth-order valence-corrected chi connectivity index (χ4v) is 3.92. The van der Waals surface area contributed by atoms with Crippen LogP contribution in [0.5, 0.6) is 0 Å². The van der Waals surface area contributed by atoms with Crippen molar-refractivity contribution in [2.24, 2.45) is 0 Å². The summed E-state index contributed by atoms with van der Waals surface area (Å²) in [6, 6.07) is 10.8. The second-order valence-electron chi connectivity index (χ2n) is 8.35. The third-order valence-corrected chi connectivity index (χ3v) is 5.88. The number of benzene rings is 1. The second kappa shape index (κ2) is 9.07. The summed E-state index contributed by atoms with van der Waals surface area (Å²) in [5.74, 6) is 2.67. The van der Waals surface area contributed by atoms with E-state index in [2.05, 4.69) is 79.3 Å². The van der Waals surface area contributed by atoms with E-state index in [1.54, 1.807) is 0 Å². The lowest BCUT2D eigenvalue weighted by Gasteiger charge is -2.33. The number of piperazine rings is 2. The fraction of sp³-hybridized carbons (Fsp3) is 0.545. The van der Waals surface area contributed by atoms with Crippen molar-refractivity contribution in [3.05, 3.63) is 41.7 Å². The summed E-state index contributed by atoms with van der Waals surface area (Å²) in [4.78, 5) is 18.9. The van der Waals surface area contributed by atoms with Crippen molar-refractivity contribution < 1.29 is 0 Å². The van der Waals surface area contributed by atoms with E-state index in [0.29, 0.717) is 0 Å². The van der Waals surface area contributed by atoms with E-state index in [4.69, 9.17) is 0 Å². The average molecular weight is 396 g/mol. The Bertz CT molecular complexity index is 791. The first-order chi connectivity index (χ1) is 14.0. The van der Waals surface area contributed by atoms with Gasteiger partial charge in [0.2, 0.25) is 0 Å². The molecule has 0 amide bonds. The molecule has 0 radical (unpaired) electrons. The molecule has 0 saturated carbocycles. The molecule has 1 N–H and O–H groups in total. The third-order valence-electron chi connectivity index (χ3n) is 5.88. The van der Waals surface area contributed by atoms with Crippen molar-refractivity contribution in [2.75, 3.05) is 76.7 Å². The van der Waals surface area contributed by atoms with Gasteiger partial charge in [-0.05, 0) is 38.7 Å². The molecule has 1 aromatic heterocycles. The number of rotatable bonds is 5. The van der Waals surface area contributed by atoms with Gasteiger partial charge >= 0.3 is 0 Å². The number of hydrogen-bond acceptors (Lipinski definition) is 7. The minimum absolute atomic E-state index is 0.801. The molecule has 0 bridgehead atoms. The first-order valence-electron chi connectivity index (χ1n) is 10.6. The Balaban J connectivity index is 1.38. The average Bonchev–Trinajstić information content (AvgIpc) is 2.71. The first-order valence-corrected chi connectivity index (χ1v) is 10.6. The van der Waals surface area contributed by atoms with Gasteiger partial charge in [0.15, 0.2) is 0 Å². The molecular formula is C22H33N7. The quantitative estimate of drug-likeness (QED) is 0.831. The van der Waals surface area contributed by atoms with Gasteiger partial charge in [0.25, 0.3) is 0 Å². The lowest BCUT2D eigenvalue weighted by molar-refractivity contribution is 0.148. The highest BCUT2D eigenvalue weighted by atomic mass is 15.3. The van der Waals surface area contributed by atoms with E-state index < -0.39 is 0 Å². The predicted molar refractivity (Wildman–Crippen MR) is 119 cm³/mol. The van der Waals surface area contributed by atoms with Crippen LogP contribution < -0.4 is 10.2 Å². The summed E-state index contributed by atoms with van der Waals surface area (Å²) in [6.45, 7) is 11.7. The van der Waals surface area contributed by atoms with Crippen molar-refractivity contribution in [1.82, 2.24) is 24.7 Å². The number of nitrogens with zero attached hydrogens (tertiary/aromatic N) is 6. The van der Waals surface area contributed by atoms with Gasteiger partial charge in [-0.1, -0.05) is 12.1 Å². The number of hydrogen-bond donors (Lipinski definition) is 1. The van der Waals surface area contributed by atoms with Gasteiger partial charge in [-0.2, -0.15) is 0 Å². The smallest absolute Gasteiger partial charge is 0.136 e. The van der Waals surface area contributed by atoms with Crippen LogP contribution in [0.2, 0.25) is 0 Å². The molecule has 3 heterocycles. The second-order valence-corrected chi connectivity index (χ2v) is 8.35. The molecule has 2 aliphatic heterocycles. The molecule has 0 aliphatic carbocycles. The van der Waals surface area contributed by atoms with Gasteiger partial charge < -0.3 is 20.0 Å². The summed E-state index contributed by atoms with van der Waals surface area (Å²) in [5.41, 5.74) is 2.42. The van der Waals surface area contributed by atoms with Crippen LogP contribution in [0.3, 0.4) is 0 Å². The van der Waals surface area contributed by atoms with Crippen molar-refractivity contribution >= 4 is 17.3 Å². The fourth-order valence-electron chi connectivity index (χ4n) is 3.92. The maximum atomic E-state index is 4.66. The van der Waals surface area contributed by atoms with Gasteiger partial charge in [-0.25, -0.2) is 9.97 Å². The molecule has 0 atom stereocenters. The van der Waals surface area contributed by atoms with Crippen LogP contribution in [0, 0.1) is 6.92 Å². The number of nitrogens with one attached hydrogen (secondary N) is 1. The lowest BCUT2D eigenvalue weighted by Crippen LogP contribution is -2.44. The molecule has 4 rings (SSSR count). The van der Waals surface area contributed by atoms with Crippen LogP contribution in [-0.2, 0) is 6.54 Å². The number of aromatic nitrogens is 2. The molecule has 2 aliphatic rings. The Hall–Kier alpha value is -2.22. The molecule has 7 nitrogen and oxygen atoms in total. The molecule has 0 unspecified atom stereocenters. The van der Waals surface area contributed by atoms with Gasteiger partial charge in [0, 0.05) is 70.7 Å². The highest BCUT2D eigenvalue weighted by Crippen LogP contribution is 2.21. The summed E-state index contributed by atoms with van der Waals surface area (Å²) in [5, 5.41) is 3.46. The highest BCUT2D eigenvalue weighted by Gasteiger charge is 2.17. The normalized spacial score (nSPS) is 19.5. The zero-order chi connectivity index (χ0) is 20.2. The number of likely N-dealkylation sites (N-methyl/N-ethyl adjacent to an activating group) is 2. The largest absolute Gasteiger partial charge is 0.354 e. The number of anilines is 3. The number of aryl methyl sites for hydroxylation is 1. The van der Waals surface area contributed by atoms with Crippen LogP contribution >= 0.6 is 0 Å². The molecule has 2 fully saturated rings. The van der Waals surface area contributed by atoms with E-state index in [9.17, 15) is 0 Å². The maximum absolute atomic E-state index is 4.66. The summed E-state index contributed by atoms with van der Waals surface area (Å²) in [6.07, 6.45) is 0. The topological polar surface area (TPSA) is 50.8 Å². The molecule has 1 aromatic carbocycles. The highest BCUT2D eigenvalue weighted by molar-refractivity contribution is 5.60. The van der Waals surface area contributed by atoms with Crippen LogP contribution in [0.1, 0.15) is 11.4 Å². The van der Waals surface area contributed by atoms with E-state index in [-0.39, 0.29) is 0 Å². The zero-order valence-electron chi connectivity index (χ0n) is 17.9. The summed E-state index contributed by atoms with van der Waals surface area (Å²) < 4.78 is 0.